The monoisotopic (exact) mass is 261 g/mol. The normalized spacial score (nSPS) is 22.9. The van der Waals surface area contributed by atoms with Gasteiger partial charge in [0, 0.05) is 19.2 Å². The SMILES string of the molecule is CC1CN(c2cc(C#N)ccc2[N+](=O)[O-])CC(C)O1. The smallest absolute Gasteiger partial charge is 0.292 e. The van der Waals surface area contributed by atoms with Crippen molar-refractivity contribution >= 4 is 11.4 Å². The number of nitro benzene ring substituents is 1. The van der Waals surface area contributed by atoms with E-state index in [-0.39, 0.29) is 17.9 Å². The summed E-state index contributed by atoms with van der Waals surface area (Å²) < 4.78 is 5.62. The van der Waals surface area contributed by atoms with Gasteiger partial charge in [0.25, 0.3) is 5.69 Å². The summed E-state index contributed by atoms with van der Waals surface area (Å²) in [5, 5.41) is 20.0. The molecule has 1 aromatic rings. The zero-order valence-corrected chi connectivity index (χ0v) is 10.9. The standard InChI is InChI=1S/C13H15N3O3/c1-9-7-15(8-10(2)19-9)13-5-11(6-14)3-4-12(13)16(17)18/h3-5,9-10H,7-8H2,1-2H3. The third-order valence-electron chi connectivity index (χ3n) is 3.06. The maximum absolute atomic E-state index is 11.1. The van der Waals surface area contributed by atoms with E-state index < -0.39 is 4.92 Å². The van der Waals surface area contributed by atoms with E-state index in [4.69, 9.17) is 10.00 Å². The van der Waals surface area contributed by atoms with Crippen LogP contribution in [0.15, 0.2) is 18.2 Å². The first-order chi connectivity index (χ1) is 9.01. The number of nitriles is 1. The summed E-state index contributed by atoms with van der Waals surface area (Å²) in [6.45, 7) is 5.03. The van der Waals surface area contributed by atoms with E-state index in [1.165, 1.54) is 12.1 Å². The van der Waals surface area contributed by atoms with Crippen LogP contribution in [-0.2, 0) is 4.74 Å². The molecule has 1 aliphatic heterocycles. The fraction of sp³-hybridized carbons (Fsp3) is 0.462. The van der Waals surface area contributed by atoms with Crippen molar-refractivity contribution in [3.8, 4) is 6.07 Å². The predicted octanol–water partition coefficient (Wildman–Crippen LogP) is 2.08. The molecular formula is C13H15N3O3. The lowest BCUT2D eigenvalue weighted by molar-refractivity contribution is -0.384. The van der Waals surface area contributed by atoms with Gasteiger partial charge < -0.3 is 9.64 Å². The highest BCUT2D eigenvalue weighted by Gasteiger charge is 2.27. The molecule has 0 N–H and O–H groups in total. The Balaban J connectivity index is 2.41. The Morgan fingerprint density at radius 3 is 2.58 bits per heavy atom. The first-order valence-electron chi connectivity index (χ1n) is 6.10. The molecule has 1 aliphatic rings. The summed E-state index contributed by atoms with van der Waals surface area (Å²) in [5.41, 5.74) is 0.943. The van der Waals surface area contributed by atoms with Crippen LogP contribution in [-0.4, -0.2) is 30.2 Å². The number of hydrogen-bond acceptors (Lipinski definition) is 5. The van der Waals surface area contributed by atoms with Crippen molar-refractivity contribution in [2.45, 2.75) is 26.1 Å². The second kappa shape index (κ2) is 5.24. The molecule has 0 aliphatic carbocycles. The minimum absolute atomic E-state index is 0.00842. The van der Waals surface area contributed by atoms with Crippen molar-refractivity contribution in [2.24, 2.45) is 0 Å². The van der Waals surface area contributed by atoms with Crippen LogP contribution in [0.4, 0.5) is 11.4 Å². The van der Waals surface area contributed by atoms with Gasteiger partial charge in [-0.15, -0.1) is 0 Å². The number of hydrogen-bond donors (Lipinski definition) is 0. The Hall–Kier alpha value is -2.13. The molecule has 2 rings (SSSR count). The molecule has 19 heavy (non-hydrogen) atoms. The zero-order chi connectivity index (χ0) is 14.0. The van der Waals surface area contributed by atoms with Crippen molar-refractivity contribution in [3.63, 3.8) is 0 Å². The Kier molecular flexibility index (Phi) is 3.67. The zero-order valence-electron chi connectivity index (χ0n) is 10.9. The molecule has 0 spiro atoms. The summed E-state index contributed by atoms with van der Waals surface area (Å²) in [7, 11) is 0. The van der Waals surface area contributed by atoms with E-state index in [1.807, 2.05) is 24.8 Å². The van der Waals surface area contributed by atoms with Gasteiger partial charge in [-0.1, -0.05) is 0 Å². The van der Waals surface area contributed by atoms with Gasteiger partial charge in [-0.3, -0.25) is 10.1 Å². The second-order valence-corrected chi connectivity index (χ2v) is 4.73. The first kappa shape index (κ1) is 13.3. The van der Waals surface area contributed by atoms with Gasteiger partial charge >= 0.3 is 0 Å². The average molecular weight is 261 g/mol. The second-order valence-electron chi connectivity index (χ2n) is 4.73. The van der Waals surface area contributed by atoms with Crippen LogP contribution in [0, 0.1) is 21.4 Å². The molecular weight excluding hydrogens is 246 g/mol. The molecule has 6 heteroatoms. The molecule has 0 amide bonds. The van der Waals surface area contributed by atoms with Crippen LogP contribution in [0.5, 0.6) is 0 Å². The number of nitrogens with zero attached hydrogens (tertiary/aromatic N) is 3. The molecule has 1 aromatic carbocycles. The van der Waals surface area contributed by atoms with Crippen LogP contribution in [0.2, 0.25) is 0 Å². The van der Waals surface area contributed by atoms with E-state index >= 15 is 0 Å². The van der Waals surface area contributed by atoms with Crippen molar-refractivity contribution in [2.75, 3.05) is 18.0 Å². The number of nitro groups is 1. The quantitative estimate of drug-likeness (QED) is 0.601. The van der Waals surface area contributed by atoms with Gasteiger partial charge in [-0.05, 0) is 26.0 Å². The Morgan fingerprint density at radius 2 is 2.05 bits per heavy atom. The van der Waals surface area contributed by atoms with Gasteiger partial charge in [0.05, 0.1) is 28.8 Å². The minimum Gasteiger partial charge on any atom is -0.372 e. The van der Waals surface area contributed by atoms with Crippen LogP contribution < -0.4 is 4.90 Å². The third-order valence-corrected chi connectivity index (χ3v) is 3.06. The summed E-state index contributed by atoms with van der Waals surface area (Å²) in [6, 6.07) is 6.44. The van der Waals surface area contributed by atoms with Gasteiger partial charge in [0.15, 0.2) is 0 Å². The maximum Gasteiger partial charge on any atom is 0.292 e. The van der Waals surface area contributed by atoms with Crippen LogP contribution in [0.3, 0.4) is 0 Å². The highest BCUT2D eigenvalue weighted by Crippen LogP contribution is 2.31. The Labute approximate surface area is 111 Å². The summed E-state index contributed by atoms with van der Waals surface area (Å²) in [5.74, 6) is 0. The fourth-order valence-corrected chi connectivity index (χ4v) is 2.38. The van der Waals surface area contributed by atoms with Crippen LogP contribution >= 0.6 is 0 Å². The molecule has 0 radical (unpaired) electrons. The van der Waals surface area contributed by atoms with E-state index in [0.717, 1.165) is 0 Å². The molecule has 0 aromatic heterocycles. The third kappa shape index (κ3) is 2.83. The van der Waals surface area contributed by atoms with Gasteiger partial charge in [-0.2, -0.15) is 5.26 Å². The largest absolute Gasteiger partial charge is 0.372 e. The van der Waals surface area contributed by atoms with Crippen LogP contribution in [0.1, 0.15) is 19.4 Å². The highest BCUT2D eigenvalue weighted by atomic mass is 16.6. The summed E-state index contributed by atoms with van der Waals surface area (Å²) in [4.78, 5) is 12.6. The highest BCUT2D eigenvalue weighted by molar-refractivity contribution is 5.66. The molecule has 0 saturated carbocycles. The summed E-state index contributed by atoms with van der Waals surface area (Å²) in [6.07, 6.45) is 0.0168. The Morgan fingerprint density at radius 1 is 1.42 bits per heavy atom. The molecule has 1 fully saturated rings. The fourth-order valence-electron chi connectivity index (χ4n) is 2.38. The lowest BCUT2D eigenvalue weighted by Gasteiger charge is -2.36. The van der Waals surface area contributed by atoms with Gasteiger partial charge in [0.2, 0.25) is 0 Å². The van der Waals surface area contributed by atoms with E-state index in [1.54, 1.807) is 6.07 Å². The van der Waals surface area contributed by atoms with Gasteiger partial charge in [0.1, 0.15) is 5.69 Å². The van der Waals surface area contributed by atoms with Crippen molar-refractivity contribution in [1.82, 2.24) is 0 Å². The molecule has 1 heterocycles. The molecule has 6 nitrogen and oxygen atoms in total. The van der Waals surface area contributed by atoms with E-state index in [9.17, 15) is 10.1 Å². The molecule has 0 bridgehead atoms. The van der Waals surface area contributed by atoms with E-state index in [0.29, 0.717) is 24.3 Å². The van der Waals surface area contributed by atoms with Crippen molar-refractivity contribution in [3.05, 3.63) is 33.9 Å². The molecule has 2 atom stereocenters. The predicted molar refractivity (Wildman–Crippen MR) is 70.0 cm³/mol. The maximum atomic E-state index is 11.1. The molecule has 100 valence electrons. The number of benzene rings is 1. The topological polar surface area (TPSA) is 79.4 Å². The number of rotatable bonds is 2. The van der Waals surface area contributed by atoms with Crippen molar-refractivity contribution in [1.29, 1.82) is 5.26 Å². The average Bonchev–Trinajstić information content (AvgIpc) is 2.36. The molecule has 2 unspecified atom stereocenters. The van der Waals surface area contributed by atoms with Crippen molar-refractivity contribution < 1.29 is 9.66 Å². The number of anilines is 1. The van der Waals surface area contributed by atoms with Crippen LogP contribution in [0.25, 0.3) is 0 Å². The summed E-state index contributed by atoms with van der Waals surface area (Å²) >= 11 is 0. The lowest BCUT2D eigenvalue weighted by Crippen LogP contribution is -2.45. The first-order valence-corrected chi connectivity index (χ1v) is 6.10. The Bertz CT molecular complexity index is 528. The number of ether oxygens (including phenoxy) is 1. The molecule has 1 saturated heterocycles. The minimum atomic E-state index is -0.415. The lowest BCUT2D eigenvalue weighted by atomic mass is 10.1. The number of morpholine rings is 1. The van der Waals surface area contributed by atoms with E-state index in [2.05, 4.69) is 0 Å². The van der Waals surface area contributed by atoms with Gasteiger partial charge in [-0.25, -0.2) is 0 Å².